The molecule has 0 spiro atoms. The third-order valence-electron chi connectivity index (χ3n) is 4.75. The molecule has 0 radical (unpaired) electrons. The van der Waals surface area contributed by atoms with Gasteiger partial charge < -0.3 is 24.4 Å². The molecule has 2 aliphatic rings. The first kappa shape index (κ1) is 21.1. The van der Waals surface area contributed by atoms with E-state index in [1.165, 1.54) is 12.1 Å². The van der Waals surface area contributed by atoms with E-state index in [1.807, 2.05) is 6.92 Å². The second-order valence-electron chi connectivity index (χ2n) is 6.71. The molecule has 6 nitrogen and oxygen atoms in total. The minimum absolute atomic E-state index is 0.00371. The van der Waals surface area contributed by atoms with Crippen molar-refractivity contribution in [2.45, 2.75) is 45.1 Å². The Balaban J connectivity index is 1.72. The predicted molar refractivity (Wildman–Crippen MR) is 103 cm³/mol. The Hall–Kier alpha value is -1.64. The molecule has 2 unspecified atom stereocenters. The lowest BCUT2D eigenvalue weighted by molar-refractivity contribution is -0.0817. The minimum Gasteiger partial charge on any atom is -0.434 e. The molecular weight excluding hydrogens is 392 g/mol. The molecule has 0 amide bonds. The molecule has 0 saturated carbocycles. The number of ether oxygens (including phenoxy) is 3. The Kier molecular flexibility index (Phi) is 7.70. The first-order valence-corrected chi connectivity index (χ1v) is 9.94. The molecule has 3 rings (SSSR count). The largest absolute Gasteiger partial charge is 0.434 e. The van der Waals surface area contributed by atoms with Crippen molar-refractivity contribution in [3.05, 3.63) is 28.8 Å². The van der Waals surface area contributed by atoms with E-state index in [0.717, 1.165) is 19.4 Å². The number of morpholine rings is 1. The monoisotopic (exact) mass is 417 g/mol. The summed E-state index contributed by atoms with van der Waals surface area (Å²) in [6, 6.07) is 4.56. The van der Waals surface area contributed by atoms with Crippen LogP contribution in [0.1, 0.15) is 25.3 Å². The number of alkyl halides is 2. The number of nitrogens with one attached hydrogen (secondary N) is 1. The maximum atomic E-state index is 12.7. The van der Waals surface area contributed by atoms with Crippen molar-refractivity contribution in [3.8, 4) is 5.75 Å². The molecule has 2 fully saturated rings. The SMILES string of the molecule is CCNC(=NCc1cc(Cl)ccc1OC(F)F)N1CCOC(C2CCCO2)C1. The van der Waals surface area contributed by atoms with Crippen molar-refractivity contribution >= 4 is 17.6 Å². The third-order valence-corrected chi connectivity index (χ3v) is 4.98. The fourth-order valence-electron chi connectivity index (χ4n) is 3.46. The summed E-state index contributed by atoms with van der Waals surface area (Å²) in [6.45, 7) is 2.69. The van der Waals surface area contributed by atoms with E-state index in [2.05, 4.69) is 19.9 Å². The van der Waals surface area contributed by atoms with Gasteiger partial charge in [-0.25, -0.2) is 4.99 Å². The zero-order chi connectivity index (χ0) is 19.9. The molecule has 1 aromatic carbocycles. The van der Waals surface area contributed by atoms with Gasteiger partial charge in [0.05, 0.1) is 19.3 Å². The van der Waals surface area contributed by atoms with Gasteiger partial charge in [-0.05, 0) is 38.0 Å². The molecule has 2 aliphatic heterocycles. The van der Waals surface area contributed by atoms with Crippen LogP contribution >= 0.6 is 11.6 Å². The van der Waals surface area contributed by atoms with E-state index in [9.17, 15) is 8.78 Å². The molecule has 28 heavy (non-hydrogen) atoms. The van der Waals surface area contributed by atoms with Crippen LogP contribution in [0.25, 0.3) is 0 Å². The van der Waals surface area contributed by atoms with Crippen LogP contribution in [-0.4, -0.2) is 62.5 Å². The molecule has 2 heterocycles. The Bertz CT molecular complexity index is 672. The predicted octanol–water partition coefficient (Wildman–Crippen LogP) is 3.29. The first-order valence-electron chi connectivity index (χ1n) is 9.56. The average molecular weight is 418 g/mol. The van der Waals surface area contributed by atoms with Gasteiger partial charge in [0.1, 0.15) is 11.9 Å². The summed E-state index contributed by atoms with van der Waals surface area (Å²) >= 11 is 6.02. The molecular formula is C19H26ClF2N3O3. The van der Waals surface area contributed by atoms with Gasteiger partial charge >= 0.3 is 6.61 Å². The van der Waals surface area contributed by atoms with E-state index >= 15 is 0 Å². The minimum atomic E-state index is -2.90. The number of benzene rings is 1. The summed E-state index contributed by atoms with van der Waals surface area (Å²) in [7, 11) is 0. The summed E-state index contributed by atoms with van der Waals surface area (Å²) in [5, 5.41) is 3.71. The lowest BCUT2D eigenvalue weighted by atomic mass is 10.1. The van der Waals surface area contributed by atoms with E-state index < -0.39 is 6.61 Å². The van der Waals surface area contributed by atoms with E-state index in [0.29, 0.717) is 42.8 Å². The van der Waals surface area contributed by atoms with Crippen molar-refractivity contribution in [2.24, 2.45) is 4.99 Å². The first-order chi connectivity index (χ1) is 13.6. The van der Waals surface area contributed by atoms with E-state index in [-0.39, 0.29) is 24.5 Å². The Morgan fingerprint density at radius 1 is 1.36 bits per heavy atom. The highest BCUT2D eigenvalue weighted by Gasteiger charge is 2.32. The lowest BCUT2D eigenvalue weighted by Crippen LogP contribution is -2.53. The number of nitrogens with zero attached hydrogens (tertiary/aromatic N) is 2. The van der Waals surface area contributed by atoms with Crippen LogP contribution in [0.5, 0.6) is 5.75 Å². The highest BCUT2D eigenvalue weighted by Crippen LogP contribution is 2.26. The van der Waals surface area contributed by atoms with Crippen LogP contribution in [0.3, 0.4) is 0 Å². The fraction of sp³-hybridized carbons (Fsp3) is 0.632. The van der Waals surface area contributed by atoms with Gasteiger partial charge in [0.15, 0.2) is 5.96 Å². The standard InChI is InChI=1S/C19H26ClF2N3O3/c1-2-23-19(25-7-9-27-17(12-25)16-4-3-8-26-16)24-11-13-10-14(20)5-6-15(13)28-18(21)22/h5-6,10,16-18H,2-4,7-9,11-12H2,1H3,(H,23,24). The smallest absolute Gasteiger partial charge is 0.387 e. The van der Waals surface area contributed by atoms with Gasteiger partial charge in [-0.1, -0.05) is 11.6 Å². The number of hydrogen-bond acceptors (Lipinski definition) is 4. The maximum absolute atomic E-state index is 12.7. The van der Waals surface area contributed by atoms with Crippen LogP contribution < -0.4 is 10.1 Å². The fourth-order valence-corrected chi connectivity index (χ4v) is 3.65. The number of hydrogen-bond donors (Lipinski definition) is 1. The molecule has 0 aromatic heterocycles. The topological polar surface area (TPSA) is 55.3 Å². The van der Waals surface area contributed by atoms with Crippen molar-refractivity contribution in [1.82, 2.24) is 10.2 Å². The van der Waals surface area contributed by atoms with Gasteiger partial charge in [0.25, 0.3) is 0 Å². The van der Waals surface area contributed by atoms with Gasteiger partial charge in [-0.3, -0.25) is 0 Å². The van der Waals surface area contributed by atoms with Gasteiger partial charge in [0.2, 0.25) is 0 Å². The summed E-state index contributed by atoms with van der Waals surface area (Å²) in [4.78, 5) is 6.75. The van der Waals surface area contributed by atoms with Crippen molar-refractivity contribution in [2.75, 3.05) is 32.8 Å². The molecule has 2 atom stereocenters. The van der Waals surface area contributed by atoms with Crippen molar-refractivity contribution in [3.63, 3.8) is 0 Å². The second kappa shape index (κ2) is 10.2. The van der Waals surface area contributed by atoms with Crippen LogP contribution in [0.15, 0.2) is 23.2 Å². The number of halogens is 3. The number of guanidine groups is 1. The highest BCUT2D eigenvalue weighted by molar-refractivity contribution is 6.30. The zero-order valence-corrected chi connectivity index (χ0v) is 16.6. The van der Waals surface area contributed by atoms with Crippen LogP contribution in [0.2, 0.25) is 5.02 Å². The molecule has 0 bridgehead atoms. The van der Waals surface area contributed by atoms with Gasteiger partial charge in [0, 0.05) is 36.8 Å². The molecule has 1 N–H and O–H groups in total. The molecule has 9 heteroatoms. The molecule has 0 aliphatic carbocycles. The molecule has 156 valence electrons. The quantitative estimate of drug-likeness (QED) is 0.568. The van der Waals surface area contributed by atoms with Crippen molar-refractivity contribution < 1.29 is 23.0 Å². The van der Waals surface area contributed by atoms with Crippen LogP contribution in [0, 0.1) is 0 Å². The van der Waals surface area contributed by atoms with Crippen LogP contribution in [-0.2, 0) is 16.0 Å². The van der Waals surface area contributed by atoms with E-state index in [1.54, 1.807) is 6.07 Å². The normalized spacial score (nSPS) is 23.3. The van der Waals surface area contributed by atoms with E-state index in [4.69, 9.17) is 21.1 Å². The summed E-state index contributed by atoms with van der Waals surface area (Å²) in [5.41, 5.74) is 0.507. The molecule has 2 saturated heterocycles. The Morgan fingerprint density at radius 3 is 2.89 bits per heavy atom. The summed E-state index contributed by atoms with van der Waals surface area (Å²) in [6.07, 6.45) is 2.18. The Labute approximate surface area is 168 Å². The number of rotatable bonds is 6. The zero-order valence-electron chi connectivity index (χ0n) is 15.9. The van der Waals surface area contributed by atoms with Crippen LogP contribution in [0.4, 0.5) is 8.78 Å². The summed E-state index contributed by atoms with van der Waals surface area (Å²) < 4.78 is 41.6. The molecule has 1 aromatic rings. The average Bonchev–Trinajstić information content (AvgIpc) is 3.21. The Morgan fingerprint density at radius 2 is 2.18 bits per heavy atom. The second-order valence-corrected chi connectivity index (χ2v) is 7.14. The van der Waals surface area contributed by atoms with Gasteiger partial charge in [-0.2, -0.15) is 8.78 Å². The highest BCUT2D eigenvalue weighted by atomic mass is 35.5. The van der Waals surface area contributed by atoms with Crippen molar-refractivity contribution in [1.29, 1.82) is 0 Å². The lowest BCUT2D eigenvalue weighted by Gasteiger charge is -2.37. The number of aliphatic imine (C=N–C) groups is 1. The summed E-state index contributed by atoms with van der Waals surface area (Å²) in [5.74, 6) is 0.787. The third kappa shape index (κ3) is 5.68. The van der Waals surface area contributed by atoms with Gasteiger partial charge in [-0.15, -0.1) is 0 Å². The maximum Gasteiger partial charge on any atom is 0.387 e.